The Morgan fingerprint density at radius 3 is 2.55 bits per heavy atom. The van der Waals surface area contributed by atoms with Gasteiger partial charge in [-0.05, 0) is 24.1 Å². The summed E-state index contributed by atoms with van der Waals surface area (Å²) in [6, 6.07) is 3.91. The van der Waals surface area contributed by atoms with E-state index in [0.717, 1.165) is 22.7 Å². The average Bonchev–Trinajstić information content (AvgIpc) is 2.86. The molecule has 0 amide bonds. The van der Waals surface area contributed by atoms with Crippen molar-refractivity contribution in [2.75, 3.05) is 0 Å². The molecule has 0 atom stereocenters. The highest BCUT2D eigenvalue weighted by atomic mass is 32.1. The second-order valence-corrected chi connectivity index (χ2v) is 6.89. The van der Waals surface area contributed by atoms with Gasteiger partial charge in [-0.1, -0.05) is 20.8 Å². The molecule has 3 nitrogen and oxygen atoms in total. The van der Waals surface area contributed by atoms with Gasteiger partial charge in [0.15, 0.2) is 0 Å². The number of aryl methyl sites for hydroxylation is 1. The molecule has 0 aliphatic rings. The summed E-state index contributed by atoms with van der Waals surface area (Å²) in [5.74, 6) is 0.247. The van der Waals surface area contributed by atoms with Crippen LogP contribution in [0.5, 0.6) is 0 Å². The lowest BCUT2D eigenvalue weighted by molar-refractivity contribution is -0.118. The van der Waals surface area contributed by atoms with Crippen LogP contribution in [0, 0.1) is 0 Å². The van der Waals surface area contributed by atoms with Gasteiger partial charge in [-0.3, -0.25) is 9.78 Å². The number of carbonyl (C=O) groups excluding carboxylic acids is 1. The van der Waals surface area contributed by atoms with E-state index in [1.54, 1.807) is 23.7 Å². The standard InChI is InChI=1S/C16H20N2OS/c1-16(2,3)14-11-20-15(18-14)10-13(19)5-4-12-6-8-17-9-7-12/h6-9,11H,4-5,10H2,1-3H3. The molecule has 0 fully saturated rings. The Morgan fingerprint density at radius 1 is 1.25 bits per heavy atom. The van der Waals surface area contributed by atoms with E-state index in [1.165, 1.54) is 0 Å². The van der Waals surface area contributed by atoms with Crippen LogP contribution in [0.4, 0.5) is 0 Å². The summed E-state index contributed by atoms with van der Waals surface area (Å²) in [6.07, 6.45) is 5.31. The Hall–Kier alpha value is -1.55. The van der Waals surface area contributed by atoms with E-state index in [0.29, 0.717) is 12.8 Å². The van der Waals surface area contributed by atoms with E-state index in [4.69, 9.17) is 0 Å². The van der Waals surface area contributed by atoms with Gasteiger partial charge in [0, 0.05) is 29.6 Å². The van der Waals surface area contributed by atoms with E-state index >= 15 is 0 Å². The van der Waals surface area contributed by atoms with E-state index in [2.05, 4.69) is 36.1 Å². The van der Waals surface area contributed by atoms with Crippen molar-refractivity contribution < 1.29 is 4.79 Å². The fourth-order valence-corrected chi connectivity index (χ4v) is 2.88. The smallest absolute Gasteiger partial charge is 0.140 e. The first-order chi connectivity index (χ1) is 9.45. The van der Waals surface area contributed by atoms with Crippen molar-refractivity contribution in [2.45, 2.75) is 45.4 Å². The highest BCUT2D eigenvalue weighted by Crippen LogP contribution is 2.24. The highest BCUT2D eigenvalue weighted by Gasteiger charge is 2.18. The van der Waals surface area contributed by atoms with Crippen molar-refractivity contribution in [1.29, 1.82) is 0 Å². The molecule has 0 unspecified atom stereocenters. The summed E-state index contributed by atoms with van der Waals surface area (Å²) in [4.78, 5) is 20.5. The first-order valence-corrected chi connectivity index (χ1v) is 7.68. The monoisotopic (exact) mass is 288 g/mol. The van der Waals surface area contributed by atoms with Gasteiger partial charge in [0.05, 0.1) is 12.1 Å². The molecule has 2 heterocycles. The molecule has 4 heteroatoms. The Bertz CT molecular complexity index is 570. The quantitative estimate of drug-likeness (QED) is 0.844. The minimum atomic E-state index is 0.0504. The highest BCUT2D eigenvalue weighted by molar-refractivity contribution is 7.09. The first-order valence-electron chi connectivity index (χ1n) is 6.80. The van der Waals surface area contributed by atoms with Gasteiger partial charge in [0.1, 0.15) is 10.8 Å². The predicted octanol–water partition coefficient (Wildman–Crippen LogP) is 3.58. The summed E-state index contributed by atoms with van der Waals surface area (Å²) in [7, 11) is 0. The molecule has 2 aromatic heterocycles. The largest absolute Gasteiger partial charge is 0.299 e. The number of Topliss-reactive ketones (excluding diaryl/α,β-unsaturated/α-hetero) is 1. The molecule has 2 rings (SSSR count). The summed E-state index contributed by atoms with van der Waals surface area (Å²) < 4.78 is 0. The van der Waals surface area contributed by atoms with E-state index in [1.807, 2.05) is 12.1 Å². The number of pyridine rings is 1. The van der Waals surface area contributed by atoms with Crippen LogP contribution in [-0.4, -0.2) is 15.8 Å². The molecule has 0 bridgehead atoms. The van der Waals surface area contributed by atoms with Gasteiger partial charge in [0.25, 0.3) is 0 Å². The Balaban J connectivity index is 1.87. The minimum Gasteiger partial charge on any atom is -0.299 e. The maximum absolute atomic E-state index is 12.0. The number of hydrogen-bond acceptors (Lipinski definition) is 4. The minimum absolute atomic E-state index is 0.0504. The van der Waals surface area contributed by atoms with Crippen LogP contribution in [0.3, 0.4) is 0 Å². The zero-order valence-corrected chi connectivity index (χ0v) is 13.0. The van der Waals surface area contributed by atoms with Crippen LogP contribution in [0.1, 0.15) is 43.5 Å². The fourth-order valence-electron chi connectivity index (χ4n) is 1.83. The Morgan fingerprint density at radius 2 is 1.95 bits per heavy atom. The third-order valence-electron chi connectivity index (χ3n) is 3.11. The molecule has 0 spiro atoms. The normalized spacial score (nSPS) is 11.6. The van der Waals surface area contributed by atoms with Crippen molar-refractivity contribution in [3.63, 3.8) is 0 Å². The maximum Gasteiger partial charge on any atom is 0.140 e. The SMILES string of the molecule is CC(C)(C)c1csc(CC(=O)CCc2ccncc2)n1. The lowest BCUT2D eigenvalue weighted by Gasteiger charge is -2.14. The molecular formula is C16H20N2OS. The number of aromatic nitrogens is 2. The maximum atomic E-state index is 12.0. The Labute approximate surface area is 124 Å². The summed E-state index contributed by atoms with van der Waals surface area (Å²) in [5.41, 5.74) is 2.27. The van der Waals surface area contributed by atoms with Gasteiger partial charge >= 0.3 is 0 Å². The summed E-state index contributed by atoms with van der Waals surface area (Å²) in [6.45, 7) is 6.41. The van der Waals surface area contributed by atoms with E-state index < -0.39 is 0 Å². The van der Waals surface area contributed by atoms with Crippen LogP contribution in [0.2, 0.25) is 0 Å². The van der Waals surface area contributed by atoms with Gasteiger partial charge in [-0.15, -0.1) is 11.3 Å². The molecule has 0 N–H and O–H groups in total. The Kier molecular flexibility index (Phi) is 4.65. The first kappa shape index (κ1) is 14.9. The molecule has 2 aromatic rings. The lowest BCUT2D eigenvalue weighted by atomic mass is 9.93. The van der Waals surface area contributed by atoms with Crippen LogP contribution in [0.15, 0.2) is 29.9 Å². The van der Waals surface area contributed by atoms with Gasteiger partial charge in [-0.2, -0.15) is 0 Å². The molecule has 0 aromatic carbocycles. The van der Waals surface area contributed by atoms with E-state index in [-0.39, 0.29) is 11.2 Å². The number of hydrogen-bond donors (Lipinski definition) is 0. The van der Waals surface area contributed by atoms with Crippen molar-refractivity contribution in [2.24, 2.45) is 0 Å². The van der Waals surface area contributed by atoms with Gasteiger partial charge in [-0.25, -0.2) is 4.98 Å². The molecule has 0 radical (unpaired) electrons. The van der Waals surface area contributed by atoms with Gasteiger partial charge in [0.2, 0.25) is 0 Å². The van der Waals surface area contributed by atoms with Crippen molar-refractivity contribution in [3.05, 3.63) is 46.2 Å². The topological polar surface area (TPSA) is 42.9 Å². The second-order valence-electron chi connectivity index (χ2n) is 5.95. The number of nitrogens with zero attached hydrogens (tertiary/aromatic N) is 2. The summed E-state index contributed by atoms with van der Waals surface area (Å²) >= 11 is 1.58. The van der Waals surface area contributed by atoms with E-state index in [9.17, 15) is 4.79 Å². The molecule has 20 heavy (non-hydrogen) atoms. The van der Waals surface area contributed by atoms with Crippen LogP contribution in [0.25, 0.3) is 0 Å². The zero-order valence-electron chi connectivity index (χ0n) is 12.2. The summed E-state index contributed by atoms with van der Waals surface area (Å²) in [5, 5.41) is 2.99. The van der Waals surface area contributed by atoms with Crippen molar-refractivity contribution in [1.82, 2.24) is 9.97 Å². The van der Waals surface area contributed by atoms with Crippen LogP contribution in [-0.2, 0) is 23.1 Å². The number of ketones is 1. The molecule has 0 saturated heterocycles. The molecule has 0 aliphatic heterocycles. The third-order valence-corrected chi connectivity index (χ3v) is 3.96. The second kappa shape index (κ2) is 6.27. The van der Waals surface area contributed by atoms with Gasteiger partial charge < -0.3 is 0 Å². The zero-order chi connectivity index (χ0) is 14.6. The third kappa shape index (κ3) is 4.23. The van der Waals surface area contributed by atoms with Crippen molar-refractivity contribution >= 4 is 17.1 Å². The number of rotatable bonds is 5. The fraction of sp³-hybridized carbons (Fsp3) is 0.438. The molecule has 106 valence electrons. The van der Waals surface area contributed by atoms with Crippen LogP contribution >= 0.6 is 11.3 Å². The molecule has 0 aliphatic carbocycles. The van der Waals surface area contributed by atoms with Crippen molar-refractivity contribution in [3.8, 4) is 0 Å². The number of carbonyl (C=O) groups is 1. The number of thiazole rings is 1. The lowest BCUT2D eigenvalue weighted by Crippen LogP contribution is -2.12. The predicted molar refractivity (Wildman–Crippen MR) is 82.1 cm³/mol. The molecular weight excluding hydrogens is 268 g/mol. The van der Waals surface area contributed by atoms with Crippen LogP contribution < -0.4 is 0 Å². The molecule has 0 saturated carbocycles. The average molecular weight is 288 g/mol.